The molecule has 1 rings (SSSR count). The smallest absolute Gasteiger partial charge is 0.193 e. The second-order valence-electron chi connectivity index (χ2n) is 3.89. The van der Waals surface area contributed by atoms with Crippen LogP contribution in [-0.2, 0) is 9.53 Å². The minimum Gasteiger partial charge on any atom is -0.379 e. The van der Waals surface area contributed by atoms with Gasteiger partial charge in [0.15, 0.2) is 11.4 Å². The lowest BCUT2D eigenvalue weighted by Crippen LogP contribution is -2.52. The van der Waals surface area contributed by atoms with Crippen molar-refractivity contribution in [2.24, 2.45) is 0 Å². The second kappa shape index (κ2) is 2.66. The van der Waals surface area contributed by atoms with Crippen LogP contribution in [0.3, 0.4) is 0 Å². The third-order valence-electron chi connectivity index (χ3n) is 3.40. The molecular weight excluding hydrogens is 168 g/mol. The van der Waals surface area contributed by atoms with E-state index in [-0.39, 0.29) is 5.78 Å². The molecule has 1 aliphatic rings. The van der Waals surface area contributed by atoms with Gasteiger partial charge in [-0.3, -0.25) is 4.79 Å². The van der Waals surface area contributed by atoms with E-state index in [2.05, 4.69) is 0 Å². The molecule has 1 N–H and O–H groups in total. The minimum atomic E-state index is -1.43. The number of carbonyl (C=O) groups excluding carboxylic acids is 1. The van der Waals surface area contributed by atoms with Crippen molar-refractivity contribution in [3.05, 3.63) is 11.1 Å². The van der Waals surface area contributed by atoms with Gasteiger partial charge >= 0.3 is 0 Å². The van der Waals surface area contributed by atoms with Crippen molar-refractivity contribution in [1.82, 2.24) is 0 Å². The van der Waals surface area contributed by atoms with E-state index in [9.17, 15) is 9.90 Å². The van der Waals surface area contributed by atoms with Gasteiger partial charge in [0.1, 0.15) is 5.60 Å². The number of Topliss-reactive ketones (excluding diaryl/α,β-unsaturated/α-hetero) is 1. The fourth-order valence-corrected chi connectivity index (χ4v) is 1.83. The number of methoxy groups -OCH3 is 1. The third-order valence-corrected chi connectivity index (χ3v) is 3.40. The van der Waals surface area contributed by atoms with Gasteiger partial charge < -0.3 is 9.84 Å². The van der Waals surface area contributed by atoms with Crippen molar-refractivity contribution in [1.29, 1.82) is 0 Å². The number of ether oxygens (including phenoxy) is 1. The molecule has 13 heavy (non-hydrogen) atoms. The lowest BCUT2D eigenvalue weighted by atomic mass is 9.85. The Labute approximate surface area is 78.4 Å². The molecule has 0 aromatic carbocycles. The maximum atomic E-state index is 11.6. The van der Waals surface area contributed by atoms with Crippen LogP contribution in [0, 0.1) is 0 Å². The van der Waals surface area contributed by atoms with Gasteiger partial charge in [-0.05, 0) is 38.8 Å². The highest BCUT2D eigenvalue weighted by Crippen LogP contribution is 2.42. The lowest BCUT2D eigenvalue weighted by molar-refractivity contribution is -0.153. The van der Waals surface area contributed by atoms with Gasteiger partial charge in [0, 0.05) is 7.11 Å². The number of rotatable bonds is 1. The molecule has 0 spiro atoms. The molecule has 0 radical (unpaired) electrons. The van der Waals surface area contributed by atoms with Gasteiger partial charge in [0.05, 0.1) is 0 Å². The Balaban J connectivity index is 3.32. The van der Waals surface area contributed by atoms with E-state index >= 15 is 0 Å². The molecule has 0 aromatic rings. The largest absolute Gasteiger partial charge is 0.379 e. The van der Waals surface area contributed by atoms with Crippen molar-refractivity contribution >= 4 is 5.78 Å². The van der Waals surface area contributed by atoms with Gasteiger partial charge in [-0.2, -0.15) is 0 Å². The van der Waals surface area contributed by atoms with Crippen LogP contribution in [0.1, 0.15) is 27.7 Å². The van der Waals surface area contributed by atoms with Crippen LogP contribution in [-0.4, -0.2) is 29.2 Å². The van der Waals surface area contributed by atoms with Gasteiger partial charge in [-0.15, -0.1) is 0 Å². The Bertz CT molecular complexity index is 289. The molecule has 0 amide bonds. The summed E-state index contributed by atoms with van der Waals surface area (Å²) in [5, 5.41) is 10.0. The van der Waals surface area contributed by atoms with Crippen LogP contribution in [0.2, 0.25) is 0 Å². The van der Waals surface area contributed by atoms with Crippen molar-refractivity contribution in [3.63, 3.8) is 0 Å². The molecule has 0 heterocycles. The highest BCUT2D eigenvalue weighted by molar-refractivity contribution is 6.06. The highest BCUT2D eigenvalue weighted by Gasteiger charge is 2.56. The lowest BCUT2D eigenvalue weighted by Gasteiger charge is -2.35. The van der Waals surface area contributed by atoms with Gasteiger partial charge in [-0.1, -0.05) is 0 Å². The first kappa shape index (κ1) is 10.4. The number of carbonyl (C=O) groups is 1. The van der Waals surface area contributed by atoms with Crippen LogP contribution < -0.4 is 0 Å². The SMILES string of the molecule is CO[C@@]1(C)C(C)=C(C)C(=O)[C@]1(C)O. The molecule has 3 heteroatoms. The molecule has 0 aliphatic heterocycles. The number of aliphatic hydroxyl groups is 1. The van der Waals surface area contributed by atoms with E-state index in [1.807, 2.05) is 6.92 Å². The standard InChI is InChI=1S/C10H16O3/c1-6-7(2)10(4,13-5)9(3,12)8(6)11/h12H,1-5H3/t9-,10-/m0/s1. The third kappa shape index (κ3) is 1.00. The molecule has 0 unspecified atom stereocenters. The zero-order valence-corrected chi connectivity index (χ0v) is 8.76. The zero-order chi connectivity index (χ0) is 10.4. The molecule has 2 atom stereocenters. The van der Waals surface area contributed by atoms with Crippen LogP contribution in [0.4, 0.5) is 0 Å². The predicted octanol–water partition coefficient (Wildman–Crippen LogP) is 1.06. The van der Waals surface area contributed by atoms with E-state index in [1.165, 1.54) is 14.0 Å². The second-order valence-corrected chi connectivity index (χ2v) is 3.89. The van der Waals surface area contributed by atoms with E-state index < -0.39 is 11.2 Å². The monoisotopic (exact) mass is 184 g/mol. The summed E-state index contributed by atoms with van der Waals surface area (Å²) in [6, 6.07) is 0. The summed E-state index contributed by atoms with van der Waals surface area (Å²) in [5.41, 5.74) is -0.899. The van der Waals surface area contributed by atoms with Crippen molar-refractivity contribution in [2.75, 3.05) is 7.11 Å². The molecule has 0 saturated heterocycles. The van der Waals surface area contributed by atoms with E-state index in [4.69, 9.17) is 4.74 Å². The average molecular weight is 184 g/mol. The maximum absolute atomic E-state index is 11.6. The Morgan fingerprint density at radius 2 is 1.77 bits per heavy atom. The highest BCUT2D eigenvalue weighted by atomic mass is 16.5. The summed E-state index contributed by atoms with van der Waals surface area (Å²) in [6.45, 7) is 6.77. The molecule has 0 saturated carbocycles. The first-order valence-corrected chi connectivity index (χ1v) is 4.29. The van der Waals surface area contributed by atoms with Gasteiger partial charge in [0.25, 0.3) is 0 Å². The summed E-state index contributed by atoms with van der Waals surface area (Å²) in [4.78, 5) is 11.6. The summed E-state index contributed by atoms with van der Waals surface area (Å²) in [6.07, 6.45) is 0. The quantitative estimate of drug-likeness (QED) is 0.663. The van der Waals surface area contributed by atoms with Crippen LogP contribution in [0.5, 0.6) is 0 Å². The summed E-state index contributed by atoms with van der Waals surface area (Å²) < 4.78 is 5.24. The Hall–Kier alpha value is -0.670. The summed E-state index contributed by atoms with van der Waals surface area (Å²) in [7, 11) is 1.50. The van der Waals surface area contributed by atoms with Gasteiger partial charge in [-0.25, -0.2) is 0 Å². The van der Waals surface area contributed by atoms with Crippen molar-refractivity contribution < 1.29 is 14.6 Å². The molecular formula is C10H16O3. The van der Waals surface area contributed by atoms with Crippen LogP contribution in [0.15, 0.2) is 11.1 Å². The molecule has 3 nitrogen and oxygen atoms in total. The Morgan fingerprint density at radius 1 is 1.31 bits per heavy atom. The van der Waals surface area contributed by atoms with E-state index in [1.54, 1.807) is 13.8 Å². The number of ketones is 1. The normalized spacial score (nSPS) is 40.3. The molecule has 1 aliphatic carbocycles. The van der Waals surface area contributed by atoms with Crippen molar-refractivity contribution in [2.45, 2.75) is 38.9 Å². The van der Waals surface area contributed by atoms with E-state index in [0.29, 0.717) is 5.57 Å². The number of hydrogen-bond acceptors (Lipinski definition) is 3. The Kier molecular flexibility index (Phi) is 2.13. The first-order valence-electron chi connectivity index (χ1n) is 4.29. The van der Waals surface area contributed by atoms with Gasteiger partial charge in [0.2, 0.25) is 0 Å². The van der Waals surface area contributed by atoms with Crippen LogP contribution in [0.25, 0.3) is 0 Å². The fourth-order valence-electron chi connectivity index (χ4n) is 1.83. The summed E-state index contributed by atoms with van der Waals surface area (Å²) in [5.74, 6) is -0.241. The number of hydrogen-bond donors (Lipinski definition) is 1. The molecule has 0 fully saturated rings. The fraction of sp³-hybridized carbons (Fsp3) is 0.700. The van der Waals surface area contributed by atoms with Crippen LogP contribution >= 0.6 is 0 Å². The molecule has 74 valence electrons. The zero-order valence-electron chi connectivity index (χ0n) is 8.76. The predicted molar refractivity (Wildman–Crippen MR) is 49.4 cm³/mol. The van der Waals surface area contributed by atoms with E-state index in [0.717, 1.165) is 5.57 Å². The summed E-state index contributed by atoms with van der Waals surface area (Å²) >= 11 is 0. The van der Waals surface area contributed by atoms with Crippen molar-refractivity contribution in [3.8, 4) is 0 Å². The topological polar surface area (TPSA) is 46.5 Å². The molecule has 0 bridgehead atoms. The minimum absolute atomic E-state index is 0.241. The molecule has 0 aromatic heterocycles. The Morgan fingerprint density at radius 3 is 1.92 bits per heavy atom. The average Bonchev–Trinajstić information content (AvgIpc) is 2.20. The first-order chi connectivity index (χ1) is 5.79. The maximum Gasteiger partial charge on any atom is 0.193 e.